The second kappa shape index (κ2) is 10.7. The number of halogens is 4. The van der Waals surface area contributed by atoms with E-state index in [1.54, 1.807) is 23.6 Å². The van der Waals surface area contributed by atoms with Crippen molar-refractivity contribution in [3.05, 3.63) is 70.9 Å². The predicted octanol–water partition coefficient (Wildman–Crippen LogP) is 5.12. The van der Waals surface area contributed by atoms with E-state index < -0.39 is 23.5 Å². The van der Waals surface area contributed by atoms with Gasteiger partial charge in [-0.05, 0) is 35.9 Å². The number of piperazine rings is 1. The molecule has 4 rings (SSSR count). The molecular formula is C25H23F4N3O3S. The highest BCUT2D eigenvalue weighted by Gasteiger charge is 2.31. The Bertz CT molecular complexity index is 1240. The van der Waals surface area contributed by atoms with E-state index in [1.807, 2.05) is 9.80 Å². The molecule has 1 aromatic heterocycles. The minimum atomic E-state index is -4.41. The number of alkyl halides is 3. The first kappa shape index (κ1) is 25.6. The van der Waals surface area contributed by atoms with Gasteiger partial charge in [-0.15, -0.1) is 11.3 Å². The van der Waals surface area contributed by atoms with Crippen LogP contribution in [0.2, 0.25) is 0 Å². The molecule has 0 saturated carbocycles. The Balaban J connectivity index is 1.39. The number of hydrogen-bond donors (Lipinski definition) is 1. The van der Waals surface area contributed by atoms with Crippen molar-refractivity contribution in [1.82, 2.24) is 4.90 Å². The SMILES string of the molecule is COC(=O)c1c(-c2ccc(F)cc2)csc1NC(=O)CN1CCN(c2cccc(C(F)(F)F)c2)CC1. The van der Waals surface area contributed by atoms with E-state index in [0.717, 1.165) is 12.1 Å². The number of benzene rings is 2. The number of thiophene rings is 1. The van der Waals surface area contributed by atoms with Crippen LogP contribution in [0.1, 0.15) is 15.9 Å². The molecule has 11 heteroatoms. The highest BCUT2D eigenvalue weighted by Crippen LogP contribution is 2.36. The van der Waals surface area contributed by atoms with E-state index in [-0.39, 0.29) is 18.0 Å². The molecule has 1 amide bonds. The number of amides is 1. The number of esters is 1. The molecule has 1 N–H and O–H groups in total. The average Bonchev–Trinajstić information content (AvgIpc) is 3.27. The zero-order valence-electron chi connectivity index (χ0n) is 19.3. The van der Waals surface area contributed by atoms with Crippen molar-refractivity contribution in [1.29, 1.82) is 0 Å². The fourth-order valence-corrected chi connectivity index (χ4v) is 4.98. The van der Waals surface area contributed by atoms with Crippen LogP contribution in [0.4, 0.5) is 28.3 Å². The summed E-state index contributed by atoms with van der Waals surface area (Å²) in [5.74, 6) is -1.36. The largest absolute Gasteiger partial charge is 0.465 e. The molecule has 1 saturated heterocycles. The minimum absolute atomic E-state index is 0.0564. The van der Waals surface area contributed by atoms with Gasteiger partial charge in [-0.25, -0.2) is 9.18 Å². The standard InChI is InChI=1S/C25H23F4N3O3S/c1-35-24(34)22-20(16-5-7-18(26)8-6-16)15-36-23(22)30-21(33)14-31-9-11-32(12-10-31)19-4-2-3-17(13-19)25(27,28)29/h2-8,13,15H,9-12,14H2,1H3,(H,30,33). The predicted molar refractivity (Wildman–Crippen MR) is 130 cm³/mol. The van der Waals surface area contributed by atoms with Crippen molar-refractivity contribution in [2.75, 3.05) is 50.1 Å². The number of hydrogen-bond acceptors (Lipinski definition) is 6. The van der Waals surface area contributed by atoms with Gasteiger partial charge in [0.25, 0.3) is 0 Å². The summed E-state index contributed by atoms with van der Waals surface area (Å²) in [4.78, 5) is 29.0. The Morgan fingerprint density at radius 3 is 2.39 bits per heavy atom. The maximum Gasteiger partial charge on any atom is 0.416 e. The summed E-state index contributed by atoms with van der Waals surface area (Å²) in [7, 11) is 1.24. The molecule has 0 radical (unpaired) electrons. The average molecular weight is 522 g/mol. The first-order chi connectivity index (χ1) is 17.2. The quantitative estimate of drug-likeness (QED) is 0.361. The second-order valence-corrected chi connectivity index (χ2v) is 9.09. The summed E-state index contributed by atoms with van der Waals surface area (Å²) >= 11 is 1.17. The molecule has 2 aromatic carbocycles. The number of nitrogens with zero attached hydrogens (tertiary/aromatic N) is 2. The van der Waals surface area contributed by atoms with Crippen LogP contribution in [0.15, 0.2) is 53.9 Å². The van der Waals surface area contributed by atoms with Gasteiger partial charge < -0.3 is 15.0 Å². The van der Waals surface area contributed by atoms with Crippen molar-refractivity contribution in [2.24, 2.45) is 0 Å². The molecule has 190 valence electrons. The van der Waals surface area contributed by atoms with E-state index in [0.29, 0.717) is 48.0 Å². The molecule has 0 unspecified atom stereocenters. The smallest absolute Gasteiger partial charge is 0.416 e. The number of carbonyl (C=O) groups is 2. The fourth-order valence-electron chi connectivity index (χ4n) is 4.01. The number of ether oxygens (including phenoxy) is 1. The van der Waals surface area contributed by atoms with E-state index in [9.17, 15) is 27.2 Å². The van der Waals surface area contributed by atoms with Gasteiger partial charge in [-0.3, -0.25) is 9.69 Å². The molecule has 36 heavy (non-hydrogen) atoms. The van der Waals surface area contributed by atoms with Crippen molar-refractivity contribution >= 4 is 33.9 Å². The number of anilines is 2. The Morgan fingerprint density at radius 2 is 1.75 bits per heavy atom. The lowest BCUT2D eigenvalue weighted by molar-refractivity contribution is -0.137. The number of carbonyl (C=O) groups excluding carboxylic acids is 2. The maximum absolute atomic E-state index is 13.3. The number of methoxy groups -OCH3 is 1. The lowest BCUT2D eigenvalue weighted by Gasteiger charge is -2.36. The normalized spacial score (nSPS) is 14.5. The highest BCUT2D eigenvalue weighted by molar-refractivity contribution is 7.15. The summed E-state index contributed by atoms with van der Waals surface area (Å²) in [6.45, 7) is 1.96. The van der Waals surface area contributed by atoms with Crippen molar-refractivity contribution in [2.45, 2.75) is 6.18 Å². The van der Waals surface area contributed by atoms with E-state index in [2.05, 4.69) is 5.32 Å². The molecular weight excluding hydrogens is 498 g/mol. The summed E-state index contributed by atoms with van der Waals surface area (Å²) in [6, 6.07) is 10.8. The van der Waals surface area contributed by atoms with E-state index in [1.165, 1.54) is 36.6 Å². The summed E-state index contributed by atoms with van der Waals surface area (Å²) in [6.07, 6.45) is -4.41. The Labute approximate surface area is 209 Å². The van der Waals surface area contributed by atoms with Crippen LogP contribution in [0.25, 0.3) is 11.1 Å². The van der Waals surface area contributed by atoms with Crippen LogP contribution in [0.3, 0.4) is 0 Å². The van der Waals surface area contributed by atoms with Crippen molar-refractivity contribution in [3.8, 4) is 11.1 Å². The summed E-state index contributed by atoms with van der Waals surface area (Å²) in [5, 5.41) is 4.79. The van der Waals surface area contributed by atoms with Crippen LogP contribution >= 0.6 is 11.3 Å². The van der Waals surface area contributed by atoms with Gasteiger partial charge in [-0.2, -0.15) is 13.2 Å². The Morgan fingerprint density at radius 1 is 1.06 bits per heavy atom. The van der Waals surface area contributed by atoms with Crippen molar-refractivity contribution < 1.29 is 31.9 Å². The first-order valence-corrected chi connectivity index (χ1v) is 11.9. The van der Waals surface area contributed by atoms with Crippen LogP contribution in [-0.4, -0.2) is 56.6 Å². The van der Waals surface area contributed by atoms with E-state index >= 15 is 0 Å². The Kier molecular flexibility index (Phi) is 7.60. The van der Waals surface area contributed by atoms with Crippen LogP contribution in [-0.2, 0) is 15.7 Å². The van der Waals surface area contributed by atoms with Crippen LogP contribution in [0, 0.1) is 5.82 Å². The monoisotopic (exact) mass is 521 g/mol. The van der Waals surface area contributed by atoms with Gasteiger partial charge in [0.05, 0.1) is 19.2 Å². The Hall–Kier alpha value is -3.44. The fraction of sp³-hybridized carbons (Fsp3) is 0.280. The third-order valence-electron chi connectivity index (χ3n) is 5.87. The van der Waals surface area contributed by atoms with Gasteiger partial charge in [0.1, 0.15) is 16.4 Å². The zero-order chi connectivity index (χ0) is 25.9. The summed E-state index contributed by atoms with van der Waals surface area (Å²) in [5.41, 5.74) is 1.12. The van der Waals surface area contributed by atoms with Crippen LogP contribution < -0.4 is 10.2 Å². The lowest BCUT2D eigenvalue weighted by Crippen LogP contribution is -2.48. The summed E-state index contributed by atoms with van der Waals surface area (Å²) < 4.78 is 57.3. The molecule has 0 aliphatic carbocycles. The number of nitrogens with one attached hydrogen (secondary N) is 1. The van der Waals surface area contributed by atoms with Gasteiger partial charge >= 0.3 is 12.1 Å². The molecule has 1 aliphatic heterocycles. The zero-order valence-corrected chi connectivity index (χ0v) is 20.1. The van der Waals surface area contributed by atoms with Gasteiger partial charge in [-0.1, -0.05) is 18.2 Å². The molecule has 6 nitrogen and oxygen atoms in total. The van der Waals surface area contributed by atoms with Crippen molar-refractivity contribution in [3.63, 3.8) is 0 Å². The minimum Gasteiger partial charge on any atom is -0.465 e. The van der Waals surface area contributed by atoms with Gasteiger partial charge in [0.2, 0.25) is 5.91 Å². The van der Waals surface area contributed by atoms with Crippen LogP contribution in [0.5, 0.6) is 0 Å². The van der Waals surface area contributed by atoms with Gasteiger partial charge in [0.15, 0.2) is 0 Å². The third kappa shape index (κ3) is 5.85. The second-order valence-electron chi connectivity index (χ2n) is 8.21. The molecule has 1 fully saturated rings. The molecule has 0 atom stereocenters. The topological polar surface area (TPSA) is 61.9 Å². The highest BCUT2D eigenvalue weighted by atomic mass is 32.1. The molecule has 2 heterocycles. The van der Waals surface area contributed by atoms with E-state index in [4.69, 9.17) is 4.74 Å². The molecule has 3 aromatic rings. The van der Waals surface area contributed by atoms with Gasteiger partial charge in [0, 0.05) is 42.8 Å². The first-order valence-electron chi connectivity index (χ1n) is 11.1. The molecule has 0 spiro atoms. The maximum atomic E-state index is 13.3. The molecule has 1 aliphatic rings. The number of rotatable bonds is 6. The molecule has 0 bridgehead atoms. The third-order valence-corrected chi connectivity index (χ3v) is 6.76. The lowest BCUT2D eigenvalue weighted by atomic mass is 10.0.